The van der Waals surface area contributed by atoms with E-state index in [0.717, 1.165) is 37.8 Å². The smallest absolute Gasteiger partial charge is 0.128 e. The molecule has 0 aromatic carbocycles. The van der Waals surface area contributed by atoms with Gasteiger partial charge in [-0.3, -0.25) is 0 Å². The highest BCUT2D eigenvalue weighted by Gasteiger charge is 2.01. The van der Waals surface area contributed by atoms with Crippen LogP contribution in [0.4, 0.5) is 11.6 Å². The highest BCUT2D eigenvalue weighted by Crippen LogP contribution is 2.08. The lowest BCUT2D eigenvalue weighted by atomic mass is 10.4. The Kier molecular flexibility index (Phi) is 7.18. The number of hydrogen-bond acceptors (Lipinski definition) is 4. The van der Waals surface area contributed by atoms with E-state index < -0.39 is 0 Å². The van der Waals surface area contributed by atoms with Crippen LogP contribution in [0.2, 0.25) is 0 Å². The lowest BCUT2D eigenvalue weighted by Gasteiger charge is -2.19. The van der Waals surface area contributed by atoms with Crippen LogP contribution in [0.5, 0.6) is 0 Å². The van der Waals surface area contributed by atoms with Crippen LogP contribution in [0.3, 0.4) is 0 Å². The standard InChI is InChI=1S/C14H26N4/c1-4-11-18(6-3)12-10-16-14-9-7-8-13(17-14)15-5-2/h7-9H,4-6,10-12H2,1-3H3,(H2,15,16,17). The summed E-state index contributed by atoms with van der Waals surface area (Å²) >= 11 is 0. The summed E-state index contributed by atoms with van der Waals surface area (Å²) in [5.41, 5.74) is 0. The Bertz CT molecular complexity index is 327. The molecule has 0 saturated heterocycles. The van der Waals surface area contributed by atoms with Crippen LogP contribution in [-0.4, -0.2) is 42.6 Å². The highest BCUT2D eigenvalue weighted by molar-refractivity contribution is 5.44. The van der Waals surface area contributed by atoms with Gasteiger partial charge in [0.05, 0.1) is 0 Å². The van der Waals surface area contributed by atoms with Crippen LogP contribution in [0.15, 0.2) is 18.2 Å². The zero-order valence-corrected chi connectivity index (χ0v) is 11.9. The minimum atomic E-state index is 0.899. The lowest BCUT2D eigenvalue weighted by Crippen LogP contribution is -2.29. The first-order valence-electron chi connectivity index (χ1n) is 6.97. The van der Waals surface area contributed by atoms with Crippen molar-refractivity contribution in [3.8, 4) is 0 Å². The van der Waals surface area contributed by atoms with E-state index in [2.05, 4.69) is 41.3 Å². The number of aromatic nitrogens is 1. The molecule has 1 aromatic heterocycles. The molecule has 2 N–H and O–H groups in total. The van der Waals surface area contributed by atoms with Crippen LogP contribution in [0.25, 0.3) is 0 Å². The van der Waals surface area contributed by atoms with Crippen molar-refractivity contribution in [3.63, 3.8) is 0 Å². The fourth-order valence-corrected chi connectivity index (χ4v) is 1.90. The molecule has 0 spiro atoms. The Hall–Kier alpha value is -1.29. The molecule has 1 aromatic rings. The molecule has 0 unspecified atom stereocenters. The molecule has 0 aliphatic rings. The van der Waals surface area contributed by atoms with Gasteiger partial charge in [0, 0.05) is 19.6 Å². The van der Waals surface area contributed by atoms with Crippen LogP contribution >= 0.6 is 0 Å². The van der Waals surface area contributed by atoms with Gasteiger partial charge in [0.2, 0.25) is 0 Å². The number of rotatable bonds is 9. The predicted octanol–water partition coefficient (Wildman–Crippen LogP) is 2.66. The van der Waals surface area contributed by atoms with E-state index in [1.807, 2.05) is 18.2 Å². The Morgan fingerprint density at radius 1 is 1.06 bits per heavy atom. The predicted molar refractivity (Wildman–Crippen MR) is 79.3 cm³/mol. The van der Waals surface area contributed by atoms with E-state index >= 15 is 0 Å². The molecule has 4 nitrogen and oxygen atoms in total. The Labute approximate surface area is 111 Å². The van der Waals surface area contributed by atoms with Gasteiger partial charge < -0.3 is 15.5 Å². The lowest BCUT2D eigenvalue weighted by molar-refractivity contribution is 0.300. The summed E-state index contributed by atoms with van der Waals surface area (Å²) < 4.78 is 0. The summed E-state index contributed by atoms with van der Waals surface area (Å²) in [4.78, 5) is 6.94. The zero-order chi connectivity index (χ0) is 13.2. The number of pyridine rings is 1. The molecule has 18 heavy (non-hydrogen) atoms. The summed E-state index contributed by atoms with van der Waals surface area (Å²) in [5.74, 6) is 1.88. The molecule has 0 amide bonds. The third-order valence-corrected chi connectivity index (χ3v) is 2.83. The van der Waals surface area contributed by atoms with E-state index in [0.29, 0.717) is 0 Å². The van der Waals surface area contributed by atoms with E-state index in [9.17, 15) is 0 Å². The van der Waals surface area contributed by atoms with Gasteiger partial charge in [0.15, 0.2) is 0 Å². The molecular weight excluding hydrogens is 224 g/mol. The van der Waals surface area contributed by atoms with Gasteiger partial charge in [-0.15, -0.1) is 0 Å². The average Bonchev–Trinajstić information content (AvgIpc) is 2.38. The van der Waals surface area contributed by atoms with Crippen LogP contribution < -0.4 is 10.6 Å². The second-order valence-corrected chi connectivity index (χ2v) is 4.30. The number of nitrogens with one attached hydrogen (secondary N) is 2. The third kappa shape index (κ3) is 5.36. The normalized spacial score (nSPS) is 10.7. The van der Waals surface area contributed by atoms with E-state index in [1.165, 1.54) is 13.0 Å². The van der Waals surface area contributed by atoms with Crippen molar-refractivity contribution in [3.05, 3.63) is 18.2 Å². The summed E-state index contributed by atoms with van der Waals surface area (Å²) in [5, 5.41) is 6.59. The molecule has 102 valence electrons. The quantitative estimate of drug-likeness (QED) is 0.707. The molecular formula is C14H26N4. The fourth-order valence-electron chi connectivity index (χ4n) is 1.90. The maximum atomic E-state index is 4.49. The molecule has 1 heterocycles. The second-order valence-electron chi connectivity index (χ2n) is 4.30. The Morgan fingerprint density at radius 2 is 1.78 bits per heavy atom. The van der Waals surface area contributed by atoms with Gasteiger partial charge in [-0.25, -0.2) is 4.98 Å². The van der Waals surface area contributed by atoms with Crippen LogP contribution in [-0.2, 0) is 0 Å². The molecule has 0 fully saturated rings. The number of anilines is 2. The number of likely N-dealkylation sites (N-methyl/N-ethyl adjacent to an activating group) is 1. The molecule has 0 saturated carbocycles. The van der Waals surface area contributed by atoms with Crippen molar-refractivity contribution in [1.82, 2.24) is 9.88 Å². The number of nitrogens with zero attached hydrogens (tertiary/aromatic N) is 2. The first-order valence-corrected chi connectivity index (χ1v) is 6.97. The summed E-state index contributed by atoms with van der Waals surface area (Å²) in [7, 11) is 0. The second kappa shape index (κ2) is 8.75. The fraction of sp³-hybridized carbons (Fsp3) is 0.643. The minimum Gasteiger partial charge on any atom is -0.370 e. The molecule has 0 aliphatic heterocycles. The largest absolute Gasteiger partial charge is 0.370 e. The minimum absolute atomic E-state index is 0.899. The first-order chi connectivity index (χ1) is 8.80. The van der Waals surface area contributed by atoms with Gasteiger partial charge in [0.25, 0.3) is 0 Å². The summed E-state index contributed by atoms with van der Waals surface area (Å²) in [6, 6.07) is 6.03. The highest BCUT2D eigenvalue weighted by atomic mass is 15.1. The van der Waals surface area contributed by atoms with E-state index in [4.69, 9.17) is 0 Å². The van der Waals surface area contributed by atoms with Gasteiger partial charge in [0.1, 0.15) is 11.6 Å². The van der Waals surface area contributed by atoms with E-state index in [1.54, 1.807) is 0 Å². The third-order valence-electron chi connectivity index (χ3n) is 2.83. The van der Waals surface area contributed by atoms with Crippen LogP contribution in [0.1, 0.15) is 27.2 Å². The van der Waals surface area contributed by atoms with E-state index in [-0.39, 0.29) is 0 Å². The van der Waals surface area contributed by atoms with Crippen molar-refractivity contribution in [2.24, 2.45) is 0 Å². The number of hydrogen-bond donors (Lipinski definition) is 2. The summed E-state index contributed by atoms with van der Waals surface area (Å²) in [6.45, 7) is 11.7. The van der Waals surface area contributed by atoms with Gasteiger partial charge in [-0.1, -0.05) is 19.9 Å². The van der Waals surface area contributed by atoms with Crippen molar-refractivity contribution < 1.29 is 0 Å². The summed E-state index contributed by atoms with van der Waals surface area (Å²) in [6.07, 6.45) is 1.21. The average molecular weight is 250 g/mol. The zero-order valence-electron chi connectivity index (χ0n) is 11.9. The van der Waals surface area contributed by atoms with Crippen molar-refractivity contribution in [2.75, 3.05) is 43.4 Å². The van der Waals surface area contributed by atoms with Gasteiger partial charge >= 0.3 is 0 Å². The molecule has 4 heteroatoms. The molecule has 1 rings (SSSR count). The molecule has 0 aliphatic carbocycles. The molecule has 0 atom stereocenters. The maximum Gasteiger partial charge on any atom is 0.128 e. The molecule has 0 radical (unpaired) electrons. The van der Waals surface area contributed by atoms with Gasteiger partial charge in [-0.2, -0.15) is 0 Å². The monoisotopic (exact) mass is 250 g/mol. The van der Waals surface area contributed by atoms with Crippen molar-refractivity contribution >= 4 is 11.6 Å². The maximum absolute atomic E-state index is 4.49. The Balaban J connectivity index is 2.36. The Morgan fingerprint density at radius 3 is 2.39 bits per heavy atom. The van der Waals surface area contributed by atoms with Crippen LogP contribution in [0, 0.1) is 0 Å². The topological polar surface area (TPSA) is 40.2 Å². The van der Waals surface area contributed by atoms with Crippen molar-refractivity contribution in [2.45, 2.75) is 27.2 Å². The molecule has 0 bridgehead atoms. The first kappa shape index (κ1) is 14.8. The SMILES string of the molecule is CCCN(CC)CCNc1cccc(NCC)n1. The van der Waals surface area contributed by atoms with Crippen molar-refractivity contribution in [1.29, 1.82) is 0 Å². The van der Waals surface area contributed by atoms with Gasteiger partial charge in [-0.05, 0) is 38.6 Å².